The molecule has 6 nitrogen and oxygen atoms in total. The van der Waals surface area contributed by atoms with Crippen molar-refractivity contribution in [3.05, 3.63) is 278 Å². The molecule has 21 rings (SSSR count). The zero-order chi connectivity index (χ0) is 81.2. The molecule has 0 bridgehead atoms. The largest absolute Gasteiger partial charge is 0.458 e. The number of fused-ring (bicyclic) bond motifs is 14. The van der Waals surface area contributed by atoms with Gasteiger partial charge in [-0.3, -0.25) is 4.98 Å². The lowest BCUT2D eigenvalue weighted by Crippen LogP contribution is -2.59. The quantitative estimate of drug-likeness (QED) is 0.142. The number of anilines is 3. The maximum atomic E-state index is 7.78. The number of hydrogen-bond acceptors (Lipinski definition) is 5. The highest BCUT2D eigenvalue weighted by molar-refractivity contribution is 8.00. The Balaban J connectivity index is 0.894. The van der Waals surface area contributed by atoms with Crippen molar-refractivity contribution in [3.8, 4) is 90.0 Å². The highest BCUT2D eigenvalue weighted by atomic mass is 32.2. The Morgan fingerprint density at radius 2 is 0.890 bits per heavy atom. The van der Waals surface area contributed by atoms with Gasteiger partial charge in [-0.1, -0.05) is 252 Å². The SMILES string of the molecule is Bc1c(B)c(B)c2c(c1B)c1c(B)c(B)c(B)c(B)c1n2-c1ccc2c(c1)N(c1cc(-c3ccccc3)cc(-c3ccccc3)c1)c1cc(-c3cc4c5c(c3-c3ccccc3C(C)(C)C)Oc3ccccc3B5c3cc(-c5ccncc5)ccc3O4)cc3c1B2c1ccc(-n2c4ccc(C(C)(C)C)cc4c4cc(C(C)(C)C)ccc42)cc1S3. The molecule has 17 aromatic rings. The number of rotatable bonds is 8. The minimum absolute atomic E-state index is 0.0487. The molecule has 7 heterocycles. The average Bonchev–Trinajstić information content (AvgIpc) is 1.34. The topological polar surface area (TPSA) is 44.4 Å². The molecule has 4 aliphatic heterocycles. The highest BCUT2D eigenvalue weighted by Crippen LogP contribution is 2.53. The Hall–Kier alpha value is -11.8. The van der Waals surface area contributed by atoms with E-state index < -0.39 is 0 Å². The Kier molecular flexibility index (Phi) is 16.8. The van der Waals surface area contributed by atoms with Gasteiger partial charge in [-0.2, -0.15) is 0 Å². The summed E-state index contributed by atoms with van der Waals surface area (Å²) in [5.74, 6) is 3.25. The normalized spacial score (nSPS) is 13.3. The third-order valence-electron chi connectivity index (χ3n) is 27.0. The van der Waals surface area contributed by atoms with Crippen molar-refractivity contribution >= 4 is 225 Å². The first-order valence-electron chi connectivity index (χ1n) is 41.9. The molecule has 118 heavy (non-hydrogen) atoms. The van der Waals surface area contributed by atoms with Crippen LogP contribution in [0, 0.1) is 0 Å². The van der Waals surface area contributed by atoms with Gasteiger partial charge in [0.05, 0.1) is 11.0 Å². The molecular formula is C101H86B10N4O2S. The number of hydrogen-bond donors (Lipinski definition) is 0. The van der Waals surface area contributed by atoms with Gasteiger partial charge in [0.2, 0.25) is 6.71 Å². The molecule has 0 N–H and O–H groups in total. The summed E-state index contributed by atoms with van der Waals surface area (Å²) in [4.78, 5) is 9.50. The molecule has 0 aliphatic carbocycles. The maximum absolute atomic E-state index is 7.78. The van der Waals surface area contributed by atoms with E-state index in [0.717, 1.165) is 123 Å². The van der Waals surface area contributed by atoms with E-state index >= 15 is 0 Å². The number of pyridine rings is 1. The van der Waals surface area contributed by atoms with Gasteiger partial charge in [0.1, 0.15) is 85.8 Å². The molecule has 0 fully saturated rings. The second kappa shape index (κ2) is 26.9. The molecule has 17 heteroatoms. The fourth-order valence-corrected chi connectivity index (χ4v) is 21.4. The minimum Gasteiger partial charge on any atom is -0.458 e. The maximum Gasteiger partial charge on any atom is 0.260 e. The van der Waals surface area contributed by atoms with Gasteiger partial charge in [0.25, 0.3) is 6.71 Å². The van der Waals surface area contributed by atoms with E-state index in [1.165, 1.54) is 130 Å². The smallest absolute Gasteiger partial charge is 0.260 e. The predicted octanol–water partition coefficient (Wildman–Crippen LogP) is 9.06. The molecule has 558 valence electrons. The number of benzene rings is 14. The molecular weight excluding hydrogens is 1440 g/mol. The van der Waals surface area contributed by atoms with Crippen LogP contribution in [0.5, 0.6) is 23.0 Å². The van der Waals surface area contributed by atoms with Crippen molar-refractivity contribution in [1.29, 1.82) is 0 Å². The number of nitrogens with zero attached hydrogens (tertiary/aromatic N) is 4. The first-order chi connectivity index (χ1) is 56.7. The third-order valence-corrected chi connectivity index (χ3v) is 28.2. The van der Waals surface area contributed by atoms with Crippen molar-refractivity contribution in [1.82, 2.24) is 14.1 Å². The second-order valence-electron chi connectivity index (χ2n) is 36.8. The van der Waals surface area contributed by atoms with Crippen molar-refractivity contribution in [3.63, 3.8) is 0 Å². The van der Waals surface area contributed by atoms with E-state index in [0.29, 0.717) is 0 Å². The standard InChI is InChI=1S/C101H86B10N4O2S/c1-99(2,3)60-29-35-74-67(48-60)68-49-61(100(4,5)6)30-36-75(68)113(74)63-32-34-72-81(51-63)118-82-47-59(66-52-80-95-98(83(66)65-24-16-17-25-69(65)101(7,8)9)117-78-27-19-18-26-71(78)111(95)73-45-56(28-37-79(73)116-80)55-38-40-112-41-39-55)46-77-94(82)110(72)70-33-31-62(115-96-84(86(102)88(104)90(106)92(96)108)85-87(103)89(105)91(107)93(109)97(85)115)50-76(70)114(77)64-43-57(53-20-12-10-13-21-53)42-58(44-64)54-22-14-11-15-23-54/h10-52H,102-109H2,1-9H3. The van der Waals surface area contributed by atoms with Gasteiger partial charge in [-0.15, -0.1) is 10.9 Å². The summed E-state index contributed by atoms with van der Waals surface area (Å²) in [6.45, 7) is 20.6. The monoisotopic (exact) mass is 1530 g/mol. The number of aromatic nitrogens is 3. The van der Waals surface area contributed by atoms with Crippen LogP contribution in [0.1, 0.15) is 79.0 Å². The van der Waals surface area contributed by atoms with Crippen LogP contribution >= 0.6 is 11.8 Å². The summed E-state index contributed by atoms with van der Waals surface area (Å²) in [6.07, 6.45) is 3.75. The zero-order valence-electron chi connectivity index (χ0n) is 70.5. The Morgan fingerprint density at radius 1 is 0.339 bits per heavy atom. The van der Waals surface area contributed by atoms with E-state index in [9.17, 15) is 0 Å². The first kappa shape index (κ1) is 73.8. The van der Waals surface area contributed by atoms with Crippen molar-refractivity contribution < 1.29 is 9.47 Å². The van der Waals surface area contributed by atoms with E-state index in [4.69, 9.17) is 9.47 Å². The summed E-state index contributed by atoms with van der Waals surface area (Å²) < 4.78 is 20.6. The third kappa shape index (κ3) is 11.3. The van der Waals surface area contributed by atoms with Crippen LogP contribution < -0.4 is 90.9 Å². The average molecular weight is 1530 g/mol. The van der Waals surface area contributed by atoms with E-state index in [1.54, 1.807) is 0 Å². The van der Waals surface area contributed by atoms with Gasteiger partial charge in [0.15, 0.2) is 0 Å². The molecule has 0 saturated heterocycles. The van der Waals surface area contributed by atoms with Gasteiger partial charge in [0, 0.05) is 83.5 Å². The molecule has 14 aromatic carbocycles. The lowest BCUT2D eigenvalue weighted by molar-refractivity contribution is 0.466. The van der Waals surface area contributed by atoms with Gasteiger partial charge in [-0.25, -0.2) is 0 Å². The van der Waals surface area contributed by atoms with Crippen molar-refractivity contribution in [2.24, 2.45) is 0 Å². The summed E-state index contributed by atoms with van der Waals surface area (Å²) in [7, 11) is 18.8. The van der Waals surface area contributed by atoms with Crippen LogP contribution in [-0.4, -0.2) is 90.3 Å². The summed E-state index contributed by atoms with van der Waals surface area (Å²) in [5.41, 5.74) is 42.6. The molecule has 3 aromatic heterocycles. The van der Waals surface area contributed by atoms with Crippen LogP contribution in [-0.2, 0) is 16.2 Å². The van der Waals surface area contributed by atoms with E-state index in [1.807, 2.05) is 24.2 Å². The molecule has 0 amide bonds. The van der Waals surface area contributed by atoms with E-state index in [2.05, 4.69) is 393 Å². The van der Waals surface area contributed by atoms with Crippen LogP contribution in [0.15, 0.2) is 271 Å². The van der Waals surface area contributed by atoms with Gasteiger partial charge in [-0.05, 0) is 225 Å². The molecule has 0 unspecified atom stereocenters. The summed E-state index contributed by atoms with van der Waals surface area (Å²) >= 11 is 1.91. The van der Waals surface area contributed by atoms with Crippen LogP contribution in [0.4, 0.5) is 17.1 Å². The Bertz CT molecular complexity index is 7020. The van der Waals surface area contributed by atoms with Crippen LogP contribution in [0.25, 0.3) is 111 Å². The molecule has 0 saturated carbocycles. The Labute approximate surface area is 704 Å². The number of ether oxygens (including phenoxy) is 2. The zero-order valence-corrected chi connectivity index (χ0v) is 71.3. The molecule has 0 radical (unpaired) electrons. The predicted molar refractivity (Wildman–Crippen MR) is 529 cm³/mol. The Morgan fingerprint density at radius 3 is 1.51 bits per heavy atom. The molecule has 0 spiro atoms. The second-order valence-corrected chi connectivity index (χ2v) is 37.9. The first-order valence-corrected chi connectivity index (χ1v) is 42.7. The van der Waals surface area contributed by atoms with E-state index in [-0.39, 0.29) is 29.7 Å². The summed E-state index contributed by atoms with van der Waals surface area (Å²) in [6, 6.07) is 94.8. The fourth-order valence-electron chi connectivity index (χ4n) is 20.2. The molecule has 0 atom stereocenters. The van der Waals surface area contributed by atoms with Crippen molar-refractivity contribution in [2.75, 3.05) is 4.90 Å². The summed E-state index contributed by atoms with van der Waals surface area (Å²) in [5, 5.41) is 5.22. The van der Waals surface area contributed by atoms with Gasteiger partial charge < -0.3 is 23.5 Å². The molecule has 4 aliphatic rings. The van der Waals surface area contributed by atoms with Crippen LogP contribution in [0.3, 0.4) is 0 Å². The highest BCUT2D eigenvalue weighted by Gasteiger charge is 2.46. The minimum atomic E-state index is -0.282. The lowest BCUT2D eigenvalue weighted by atomic mass is 9.34. The van der Waals surface area contributed by atoms with Crippen LogP contribution in [0.2, 0.25) is 0 Å². The number of para-hydroxylation sites is 1. The fraction of sp³-hybridized carbons (Fsp3) is 0.119. The van der Waals surface area contributed by atoms with Crippen molar-refractivity contribution in [2.45, 2.75) is 88.3 Å². The lowest BCUT2D eigenvalue weighted by Gasteiger charge is -2.41. The van der Waals surface area contributed by atoms with Gasteiger partial charge >= 0.3 is 0 Å².